The Morgan fingerprint density at radius 1 is 1.30 bits per heavy atom. The van der Waals surface area contributed by atoms with E-state index in [1.54, 1.807) is 38.4 Å². The third kappa shape index (κ3) is 2.54. The number of carbonyl (C=O) groups excluding carboxylic acids is 1. The Morgan fingerprint density at radius 3 is 2.55 bits per heavy atom. The summed E-state index contributed by atoms with van der Waals surface area (Å²) in [5.74, 6) is -0.924. The van der Waals surface area contributed by atoms with Gasteiger partial charge in [0.2, 0.25) is 0 Å². The highest BCUT2D eigenvalue weighted by atomic mass is 19.1. The number of amides is 1. The molecule has 20 heavy (non-hydrogen) atoms. The van der Waals surface area contributed by atoms with Crippen LogP contribution in [0.3, 0.4) is 0 Å². The van der Waals surface area contributed by atoms with Gasteiger partial charge in [-0.3, -0.25) is 4.79 Å². The van der Waals surface area contributed by atoms with E-state index in [0.29, 0.717) is 11.4 Å². The van der Waals surface area contributed by atoms with Crippen molar-refractivity contribution in [3.63, 3.8) is 0 Å². The SMILES string of the molecule is COc1ccc(N(C)C(=O)c2ccnc(N)c2F)cc1. The Kier molecular flexibility index (Phi) is 3.84. The van der Waals surface area contributed by atoms with Crippen molar-refractivity contribution in [1.82, 2.24) is 4.98 Å². The van der Waals surface area contributed by atoms with Crippen molar-refractivity contribution in [3.05, 3.63) is 47.9 Å². The number of carbonyl (C=O) groups is 1. The van der Waals surface area contributed by atoms with E-state index in [4.69, 9.17) is 10.5 Å². The third-order valence-corrected chi connectivity index (χ3v) is 2.91. The van der Waals surface area contributed by atoms with Crippen molar-refractivity contribution in [2.75, 3.05) is 24.8 Å². The molecule has 2 rings (SSSR count). The monoisotopic (exact) mass is 275 g/mol. The van der Waals surface area contributed by atoms with Gasteiger partial charge >= 0.3 is 0 Å². The molecule has 104 valence electrons. The van der Waals surface area contributed by atoms with Crippen molar-refractivity contribution < 1.29 is 13.9 Å². The number of ether oxygens (including phenoxy) is 1. The molecule has 0 aliphatic heterocycles. The zero-order valence-electron chi connectivity index (χ0n) is 11.1. The first-order valence-corrected chi connectivity index (χ1v) is 5.86. The number of hydrogen-bond acceptors (Lipinski definition) is 4. The Balaban J connectivity index is 2.29. The molecule has 0 bridgehead atoms. The minimum atomic E-state index is -0.808. The molecule has 0 fully saturated rings. The maximum atomic E-state index is 13.8. The molecule has 1 aromatic carbocycles. The summed E-state index contributed by atoms with van der Waals surface area (Å²) in [4.78, 5) is 17.2. The van der Waals surface area contributed by atoms with E-state index >= 15 is 0 Å². The molecule has 2 aromatic rings. The topological polar surface area (TPSA) is 68.5 Å². The Bertz CT molecular complexity index is 629. The molecule has 0 aliphatic carbocycles. The van der Waals surface area contributed by atoms with E-state index in [0.717, 1.165) is 0 Å². The van der Waals surface area contributed by atoms with Crippen LogP contribution in [-0.2, 0) is 0 Å². The highest BCUT2D eigenvalue weighted by Gasteiger charge is 2.19. The summed E-state index contributed by atoms with van der Waals surface area (Å²) in [5, 5.41) is 0. The molecule has 1 amide bonds. The van der Waals surface area contributed by atoms with Gasteiger partial charge in [0.25, 0.3) is 5.91 Å². The summed E-state index contributed by atoms with van der Waals surface area (Å²) in [5.41, 5.74) is 5.86. The molecule has 6 heteroatoms. The highest BCUT2D eigenvalue weighted by Crippen LogP contribution is 2.21. The molecule has 1 heterocycles. The number of nitrogens with two attached hydrogens (primary N) is 1. The zero-order chi connectivity index (χ0) is 14.7. The van der Waals surface area contributed by atoms with Crippen LogP contribution in [0, 0.1) is 5.82 Å². The minimum absolute atomic E-state index is 0.115. The van der Waals surface area contributed by atoms with E-state index in [1.807, 2.05) is 0 Å². The first-order chi connectivity index (χ1) is 9.54. The molecule has 0 radical (unpaired) electrons. The number of nitrogens with zero attached hydrogens (tertiary/aromatic N) is 2. The van der Waals surface area contributed by atoms with Gasteiger partial charge in [0.05, 0.1) is 12.7 Å². The number of nitrogen functional groups attached to an aromatic ring is 1. The molecule has 0 unspecified atom stereocenters. The number of benzene rings is 1. The van der Waals surface area contributed by atoms with Gasteiger partial charge in [-0.15, -0.1) is 0 Å². The van der Waals surface area contributed by atoms with Gasteiger partial charge in [0, 0.05) is 18.9 Å². The normalized spacial score (nSPS) is 10.2. The number of rotatable bonds is 3. The summed E-state index contributed by atoms with van der Waals surface area (Å²) in [7, 11) is 3.11. The molecule has 1 aromatic heterocycles. The van der Waals surface area contributed by atoms with E-state index in [9.17, 15) is 9.18 Å². The summed E-state index contributed by atoms with van der Waals surface area (Å²) in [6, 6.07) is 8.15. The van der Waals surface area contributed by atoms with Gasteiger partial charge in [0.1, 0.15) is 5.75 Å². The van der Waals surface area contributed by atoms with E-state index < -0.39 is 11.7 Å². The van der Waals surface area contributed by atoms with Crippen molar-refractivity contribution in [2.45, 2.75) is 0 Å². The van der Waals surface area contributed by atoms with Crippen LogP contribution in [0.4, 0.5) is 15.9 Å². The van der Waals surface area contributed by atoms with Crippen LogP contribution in [0.2, 0.25) is 0 Å². The van der Waals surface area contributed by atoms with Crippen molar-refractivity contribution >= 4 is 17.4 Å². The fourth-order valence-electron chi connectivity index (χ4n) is 1.73. The predicted octanol–water partition coefficient (Wildman–Crippen LogP) is 2.09. The molecular formula is C14H14FN3O2. The molecule has 5 nitrogen and oxygen atoms in total. The number of pyridine rings is 1. The fraction of sp³-hybridized carbons (Fsp3) is 0.143. The summed E-state index contributed by atoms with van der Waals surface area (Å²) in [6.45, 7) is 0. The Labute approximate surface area is 115 Å². The molecule has 0 saturated heterocycles. The first kappa shape index (κ1) is 13.8. The average molecular weight is 275 g/mol. The number of aromatic nitrogens is 1. The fourth-order valence-corrected chi connectivity index (χ4v) is 1.73. The van der Waals surface area contributed by atoms with E-state index in [-0.39, 0.29) is 11.4 Å². The van der Waals surface area contributed by atoms with Crippen molar-refractivity contribution in [1.29, 1.82) is 0 Å². The smallest absolute Gasteiger partial charge is 0.261 e. The average Bonchev–Trinajstić information content (AvgIpc) is 2.48. The quantitative estimate of drug-likeness (QED) is 0.931. The van der Waals surface area contributed by atoms with Crippen LogP contribution in [-0.4, -0.2) is 25.0 Å². The summed E-state index contributed by atoms with van der Waals surface area (Å²) < 4.78 is 18.8. The van der Waals surface area contributed by atoms with Gasteiger partial charge in [-0.25, -0.2) is 9.37 Å². The molecule has 2 N–H and O–H groups in total. The number of anilines is 2. The maximum Gasteiger partial charge on any atom is 0.261 e. The second-order valence-corrected chi connectivity index (χ2v) is 4.12. The minimum Gasteiger partial charge on any atom is -0.497 e. The van der Waals surface area contributed by atoms with Crippen LogP contribution >= 0.6 is 0 Å². The lowest BCUT2D eigenvalue weighted by molar-refractivity contribution is 0.0989. The Hall–Kier alpha value is -2.63. The second-order valence-electron chi connectivity index (χ2n) is 4.12. The molecule has 0 atom stereocenters. The van der Waals surface area contributed by atoms with Gasteiger partial charge in [-0.1, -0.05) is 0 Å². The van der Waals surface area contributed by atoms with E-state index in [1.165, 1.54) is 17.2 Å². The third-order valence-electron chi connectivity index (χ3n) is 2.91. The maximum absolute atomic E-state index is 13.8. The van der Waals surface area contributed by atoms with Gasteiger partial charge in [-0.2, -0.15) is 0 Å². The second kappa shape index (κ2) is 5.56. The molecule has 0 saturated carbocycles. The summed E-state index contributed by atoms with van der Waals surface area (Å²) in [6.07, 6.45) is 1.30. The van der Waals surface area contributed by atoms with Gasteiger partial charge < -0.3 is 15.4 Å². The van der Waals surface area contributed by atoms with Crippen LogP contribution < -0.4 is 15.4 Å². The zero-order valence-corrected chi connectivity index (χ0v) is 11.1. The predicted molar refractivity (Wildman–Crippen MR) is 74.3 cm³/mol. The van der Waals surface area contributed by atoms with Crippen LogP contribution in [0.25, 0.3) is 0 Å². The van der Waals surface area contributed by atoms with Crippen molar-refractivity contribution in [3.8, 4) is 5.75 Å². The number of methoxy groups -OCH3 is 1. The van der Waals surface area contributed by atoms with E-state index in [2.05, 4.69) is 4.98 Å². The summed E-state index contributed by atoms with van der Waals surface area (Å²) >= 11 is 0. The Morgan fingerprint density at radius 2 is 1.95 bits per heavy atom. The molecule has 0 aliphatic rings. The standard InChI is InChI=1S/C14H14FN3O2/c1-18(9-3-5-10(20-2)6-4-9)14(19)11-7-8-17-13(16)12(11)15/h3-8H,1-2H3,(H2,16,17). The van der Waals surface area contributed by atoms with Gasteiger partial charge in [-0.05, 0) is 30.3 Å². The lowest BCUT2D eigenvalue weighted by Gasteiger charge is -2.18. The lowest BCUT2D eigenvalue weighted by Crippen LogP contribution is -2.27. The van der Waals surface area contributed by atoms with Crippen molar-refractivity contribution in [2.24, 2.45) is 0 Å². The first-order valence-electron chi connectivity index (χ1n) is 5.86. The number of halogens is 1. The number of hydrogen-bond donors (Lipinski definition) is 1. The largest absolute Gasteiger partial charge is 0.497 e. The van der Waals surface area contributed by atoms with Gasteiger partial charge in [0.15, 0.2) is 11.6 Å². The molecular weight excluding hydrogens is 261 g/mol. The van der Waals surface area contributed by atoms with Crippen LogP contribution in [0.15, 0.2) is 36.5 Å². The van der Waals surface area contributed by atoms with Crippen LogP contribution in [0.5, 0.6) is 5.75 Å². The molecule has 0 spiro atoms. The highest BCUT2D eigenvalue weighted by molar-refractivity contribution is 6.06. The lowest BCUT2D eigenvalue weighted by atomic mass is 10.2. The van der Waals surface area contributed by atoms with Crippen LogP contribution in [0.1, 0.15) is 10.4 Å².